The van der Waals surface area contributed by atoms with Gasteiger partial charge in [-0.1, -0.05) is 72.2 Å². The van der Waals surface area contributed by atoms with E-state index in [1.165, 1.54) is 4.90 Å². The first-order valence-corrected chi connectivity index (χ1v) is 26.0. The molecule has 2 fully saturated rings. The lowest BCUT2D eigenvalue weighted by molar-refractivity contribution is -0.142. The van der Waals surface area contributed by atoms with Gasteiger partial charge in [0.05, 0.1) is 19.0 Å². The lowest BCUT2D eigenvalue weighted by atomic mass is 9.96. The molecular formula is C44H71N15O10S2. The number of primary amides is 2. The zero-order valence-corrected chi connectivity index (χ0v) is 41.8. The highest BCUT2D eigenvalue weighted by Crippen LogP contribution is 2.26. The molecule has 2 heterocycles. The molecule has 1 unspecified atom stereocenters. The van der Waals surface area contributed by atoms with Crippen LogP contribution in [0.15, 0.2) is 35.3 Å². The zero-order valence-electron chi connectivity index (χ0n) is 40.2. The number of benzene rings is 1. The van der Waals surface area contributed by atoms with Gasteiger partial charge in [0.2, 0.25) is 59.1 Å². The highest BCUT2D eigenvalue weighted by molar-refractivity contribution is 8.76. The summed E-state index contributed by atoms with van der Waals surface area (Å²) in [6, 6.07) is -1.54. The molecule has 71 heavy (non-hydrogen) atoms. The van der Waals surface area contributed by atoms with E-state index < -0.39 is 126 Å². The van der Waals surface area contributed by atoms with Crippen LogP contribution in [0, 0.1) is 5.92 Å². The summed E-state index contributed by atoms with van der Waals surface area (Å²) >= 11 is 0. The van der Waals surface area contributed by atoms with Crippen molar-refractivity contribution in [3.8, 4) is 0 Å². The van der Waals surface area contributed by atoms with Gasteiger partial charge in [-0.3, -0.25) is 52.9 Å². The van der Waals surface area contributed by atoms with Crippen LogP contribution in [0.2, 0.25) is 0 Å². The second kappa shape index (κ2) is 30.5. The summed E-state index contributed by atoms with van der Waals surface area (Å²) in [4.78, 5) is 141. The number of aliphatic imine (C=N–C) groups is 1. The van der Waals surface area contributed by atoms with E-state index in [0.717, 1.165) is 21.6 Å². The fourth-order valence-electron chi connectivity index (χ4n) is 7.60. The molecule has 0 aromatic heterocycles. The monoisotopic (exact) mass is 1030 g/mol. The van der Waals surface area contributed by atoms with Crippen molar-refractivity contribution in [1.29, 1.82) is 0 Å². The summed E-state index contributed by atoms with van der Waals surface area (Å²) in [5, 5.41) is 18.3. The Labute approximate surface area is 420 Å². The normalized spacial score (nSPS) is 23.8. The number of amides is 10. The lowest BCUT2D eigenvalue weighted by Gasteiger charge is -2.31. The van der Waals surface area contributed by atoms with E-state index in [9.17, 15) is 47.9 Å². The zero-order chi connectivity index (χ0) is 52.6. The minimum absolute atomic E-state index is 0.0232. The summed E-state index contributed by atoms with van der Waals surface area (Å²) in [5.74, 6) is -8.99. The van der Waals surface area contributed by atoms with Gasteiger partial charge in [-0.25, -0.2) is 0 Å². The average Bonchev–Trinajstić information content (AvgIpc) is 3.83. The van der Waals surface area contributed by atoms with Crippen LogP contribution in [0.3, 0.4) is 0 Å². The number of carbonyl (C=O) groups excluding carboxylic acids is 10. The molecule has 3 rings (SSSR count). The molecule has 10 amide bonds. The van der Waals surface area contributed by atoms with Crippen LogP contribution in [-0.4, -0.2) is 156 Å². The molecule has 2 aliphatic rings. The Balaban J connectivity index is 2.05. The van der Waals surface area contributed by atoms with Crippen LogP contribution in [-0.2, 0) is 54.4 Å². The molecule has 1 aromatic rings. The van der Waals surface area contributed by atoms with E-state index in [1.54, 1.807) is 44.2 Å². The summed E-state index contributed by atoms with van der Waals surface area (Å²) in [7, 11) is 2.12. The third kappa shape index (κ3) is 20.2. The standard InChI is InChI=1S/C44H71N15O10S2/c1-3-24(2)35-42(68)54-28(14-9-17-51-44(49)50)38(64)56-30(20-33(47)60)39(65)57-31(23-71-70-22-26(46)36(62)55-29(40(66)58-35)19-25-11-5-4-6-12-25)43(69)59-18-10-15-32(59)41(67)53-27(13-7-8-16-45)37(63)52-21-34(48)61/h4-6,11-12,24,26-32,35H,3,7-10,13-23,45-46H2,1-2H3,(H2,47,60)(H2,48,61)(H,52,63)(H,53,67)(H,54,68)(H,55,62)(H,56,64)(H,57,65)(H,58,66)(H4,49,50,51)/t24-,26-,27-,28-,29-,30-,31-,32-,35?/m0/s1. The maximum atomic E-state index is 14.6. The molecule has 25 nitrogen and oxygen atoms in total. The van der Waals surface area contributed by atoms with Crippen molar-refractivity contribution in [1.82, 2.24) is 42.1 Å². The number of hydrogen-bond donors (Lipinski definition) is 13. The number of unbranched alkanes of at least 4 members (excludes halogenated alkanes) is 1. The van der Waals surface area contributed by atoms with Gasteiger partial charge in [0.15, 0.2) is 5.96 Å². The number of nitrogens with zero attached hydrogens (tertiary/aromatic N) is 2. The first kappa shape index (κ1) is 59.1. The molecule has 27 heteroatoms. The number of carbonyl (C=O) groups is 10. The summed E-state index contributed by atoms with van der Waals surface area (Å²) < 4.78 is 0. The molecule has 19 N–H and O–H groups in total. The number of nitrogens with two attached hydrogens (primary N) is 6. The number of hydrogen-bond acceptors (Lipinski definition) is 15. The van der Waals surface area contributed by atoms with E-state index in [4.69, 9.17) is 34.4 Å². The molecule has 0 aliphatic carbocycles. The van der Waals surface area contributed by atoms with Gasteiger partial charge in [-0.2, -0.15) is 0 Å². The molecule has 2 aliphatic heterocycles. The third-order valence-electron chi connectivity index (χ3n) is 11.7. The Morgan fingerprint density at radius 1 is 0.803 bits per heavy atom. The maximum Gasteiger partial charge on any atom is 0.246 e. The van der Waals surface area contributed by atoms with Crippen molar-refractivity contribution in [2.45, 2.75) is 126 Å². The van der Waals surface area contributed by atoms with Gasteiger partial charge in [-0.15, -0.1) is 0 Å². The van der Waals surface area contributed by atoms with Crippen molar-refractivity contribution in [2.75, 3.05) is 37.7 Å². The molecule has 9 atom stereocenters. The number of guanidine groups is 1. The second-order valence-electron chi connectivity index (χ2n) is 17.3. The highest BCUT2D eigenvalue weighted by Gasteiger charge is 2.41. The van der Waals surface area contributed by atoms with Gasteiger partial charge in [0, 0.05) is 31.0 Å². The highest BCUT2D eigenvalue weighted by atomic mass is 33.1. The molecule has 2 saturated heterocycles. The van der Waals surface area contributed by atoms with Crippen LogP contribution < -0.4 is 71.6 Å². The minimum Gasteiger partial charge on any atom is -0.370 e. The van der Waals surface area contributed by atoms with Crippen LogP contribution in [0.25, 0.3) is 0 Å². The van der Waals surface area contributed by atoms with E-state index in [0.29, 0.717) is 37.8 Å². The maximum absolute atomic E-state index is 14.6. The van der Waals surface area contributed by atoms with Crippen LogP contribution in [0.4, 0.5) is 0 Å². The molecule has 0 spiro atoms. The Morgan fingerprint density at radius 3 is 2.10 bits per heavy atom. The molecule has 1 aromatic carbocycles. The van der Waals surface area contributed by atoms with Crippen LogP contribution >= 0.6 is 21.6 Å². The van der Waals surface area contributed by atoms with E-state index >= 15 is 0 Å². The van der Waals surface area contributed by atoms with Crippen LogP contribution in [0.1, 0.15) is 77.2 Å². The van der Waals surface area contributed by atoms with Gasteiger partial charge >= 0.3 is 0 Å². The first-order valence-electron chi connectivity index (χ1n) is 23.5. The third-order valence-corrected chi connectivity index (χ3v) is 14.1. The minimum atomic E-state index is -1.69. The van der Waals surface area contributed by atoms with E-state index in [1.807, 2.05) is 0 Å². The molecule has 394 valence electrons. The topological polar surface area (TPSA) is 427 Å². The predicted molar refractivity (Wildman–Crippen MR) is 268 cm³/mol. The second-order valence-corrected chi connectivity index (χ2v) is 19.9. The quantitative estimate of drug-likeness (QED) is 0.0254. The SMILES string of the molecule is CC[C@H](C)C1NC(=O)[C@H](Cc2ccccc2)NC(=O)[C@@H](N)CSSC[C@@H](C(=O)N2CCC[C@H]2C(=O)N[C@@H](CCCCN)C(=O)NCC(N)=O)NC(=O)[C@H](CC(N)=O)NC(=O)[C@H](CCCN=C(N)N)NC1=O. The van der Waals surface area contributed by atoms with Gasteiger partial charge in [0.25, 0.3) is 0 Å². The van der Waals surface area contributed by atoms with Crippen LogP contribution in [0.5, 0.6) is 0 Å². The molecule has 0 radical (unpaired) electrons. The van der Waals surface area contributed by atoms with Crippen molar-refractivity contribution in [2.24, 2.45) is 45.3 Å². The Hall–Kier alpha value is -6.19. The first-order chi connectivity index (χ1) is 33.7. The van der Waals surface area contributed by atoms with Gasteiger partial charge < -0.3 is 76.5 Å². The summed E-state index contributed by atoms with van der Waals surface area (Å²) in [6.45, 7) is 3.46. The smallest absolute Gasteiger partial charge is 0.246 e. The lowest BCUT2D eigenvalue weighted by Crippen LogP contribution is -2.61. The van der Waals surface area contributed by atoms with Crippen molar-refractivity contribution in [3.63, 3.8) is 0 Å². The van der Waals surface area contributed by atoms with E-state index in [2.05, 4.69) is 42.2 Å². The molecule has 0 saturated carbocycles. The Morgan fingerprint density at radius 2 is 1.45 bits per heavy atom. The number of likely N-dealkylation sites (tertiary alicyclic amines) is 1. The fourth-order valence-corrected chi connectivity index (χ4v) is 9.88. The summed E-state index contributed by atoms with van der Waals surface area (Å²) in [6.07, 6.45) is 1.39. The summed E-state index contributed by atoms with van der Waals surface area (Å²) in [5.41, 5.74) is 34.5. The largest absolute Gasteiger partial charge is 0.370 e. The number of rotatable bonds is 20. The van der Waals surface area contributed by atoms with Gasteiger partial charge in [0.1, 0.15) is 42.3 Å². The van der Waals surface area contributed by atoms with E-state index in [-0.39, 0.29) is 62.7 Å². The van der Waals surface area contributed by atoms with Crippen molar-refractivity contribution in [3.05, 3.63) is 35.9 Å². The van der Waals surface area contributed by atoms with Crippen molar-refractivity contribution >= 4 is 86.6 Å². The average molecular weight is 1030 g/mol. The Kier molecular flexibility index (Phi) is 25.4. The predicted octanol–water partition coefficient (Wildman–Crippen LogP) is -4.44. The fraction of sp³-hybridized carbons (Fsp3) is 0.614. The number of nitrogens with one attached hydrogen (secondary N) is 7. The van der Waals surface area contributed by atoms with Crippen molar-refractivity contribution < 1.29 is 47.9 Å². The molecule has 0 bridgehead atoms. The van der Waals surface area contributed by atoms with Gasteiger partial charge in [-0.05, 0) is 63.0 Å². The molecular weight excluding hydrogens is 963 g/mol. The Bertz CT molecular complexity index is 2050.